The van der Waals surface area contributed by atoms with E-state index in [-0.39, 0.29) is 6.10 Å². The predicted octanol–water partition coefficient (Wildman–Crippen LogP) is 1.68. The van der Waals surface area contributed by atoms with E-state index in [9.17, 15) is 0 Å². The first-order valence-electron chi connectivity index (χ1n) is 5.22. The Morgan fingerprint density at radius 2 is 2.33 bits per heavy atom. The maximum absolute atomic E-state index is 5.53. The highest BCUT2D eigenvalue weighted by Gasteiger charge is 2.05. The maximum Gasteiger partial charge on any atom is 0.129 e. The zero-order chi connectivity index (χ0) is 11.1. The molecule has 4 nitrogen and oxygen atoms in total. The zero-order valence-electron chi connectivity index (χ0n) is 9.36. The molecule has 86 valence electrons. The van der Waals surface area contributed by atoms with E-state index in [0.29, 0.717) is 26.4 Å². The molecular weight excluding hydrogens is 194 g/mol. The molecule has 0 radical (unpaired) electrons. The molecule has 0 aliphatic rings. The Bertz CT molecular complexity index is 273. The fourth-order valence-corrected chi connectivity index (χ4v) is 1.17. The SMILES string of the molecule is CCOCC(C)OCc1cc(CN)co1. The van der Waals surface area contributed by atoms with E-state index in [1.807, 2.05) is 19.9 Å². The smallest absolute Gasteiger partial charge is 0.129 e. The van der Waals surface area contributed by atoms with Crippen LogP contribution in [0.1, 0.15) is 25.2 Å². The van der Waals surface area contributed by atoms with E-state index in [1.54, 1.807) is 6.26 Å². The van der Waals surface area contributed by atoms with Crippen molar-refractivity contribution in [3.05, 3.63) is 23.7 Å². The predicted molar refractivity (Wildman–Crippen MR) is 57.3 cm³/mol. The molecule has 0 aliphatic carbocycles. The van der Waals surface area contributed by atoms with Gasteiger partial charge in [0.15, 0.2) is 0 Å². The second-order valence-corrected chi connectivity index (χ2v) is 3.41. The van der Waals surface area contributed by atoms with E-state index in [2.05, 4.69) is 0 Å². The van der Waals surface area contributed by atoms with E-state index in [0.717, 1.165) is 11.3 Å². The minimum Gasteiger partial charge on any atom is -0.467 e. The van der Waals surface area contributed by atoms with Gasteiger partial charge in [0.2, 0.25) is 0 Å². The van der Waals surface area contributed by atoms with Crippen molar-refractivity contribution < 1.29 is 13.9 Å². The highest BCUT2D eigenvalue weighted by molar-refractivity contribution is 5.11. The van der Waals surface area contributed by atoms with Gasteiger partial charge in [-0.15, -0.1) is 0 Å². The lowest BCUT2D eigenvalue weighted by atomic mass is 10.3. The van der Waals surface area contributed by atoms with Gasteiger partial charge in [-0.3, -0.25) is 0 Å². The van der Waals surface area contributed by atoms with Gasteiger partial charge in [0.25, 0.3) is 0 Å². The summed E-state index contributed by atoms with van der Waals surface area (Å²) in [6.45, 7) is 6.23. The molecule has 0 saturated carbocycles. The summed E-state index contributed by atoms with van der Waals surface area (Å²) in [6.07, 6.45) is 1.74. The summed E-state index contributed by atoms with van der Waals surface area (Å²) in [5.41, 5.74) is 6.46. The van der Waals surface area contributed by atoms with Crippen molar-refractivity contribution in [2.75, 3.05) is 13.2 Å². The summed E-state index contributed by atoms with van der Waals surface area (Å²) >= 11 is 0. The van der Waals surface area contributed by atoms with Gasteiger partial charge in [-0.05, 0) is 19.9 Å². The van der Waals surface area contributed by atoms with Crippen LogP contribution in [0.25, 0.3) is 0 Å². The quantitative estimate of drug-likeness (QED) is 0.748. The summed E-state index contributed by atoms with van der Waals surface area (Å²) in [5.74, 6) is 0.804. The largest absolute Gasteiger partial charge is 0.467 e. The Labute approximate surface area is 90.3 Å². The van der Waals surface area contributed by atoms with Crippen LogP contribution in [0.4, 0.5) is 0 Å². The van der Waals surface area contributed by atoms with E-state index in [1.165, 1.54) is 0 Å². The molecule has 1 heterocycles. The Hall–Kier alpha value is -0.840. The van der Waals surface area contributed by atoms with Crippen LogP contribution < -0.4 is 5.73 Å². The van der Waals surface area contributed by atoms with Crippen molar-refractivity contribution in [2.45, 2.75) is 33.1 Å². The van der Waals surface area contributed by atoms with Crippen LogP contribution in [-0.2, 0) is 22.6 Å². The molecule has 0 fully saturated rings. The number of hydrogen-bond donors (Lipinski definition) is 1. The van der Waals surface area contributed by atoms with Crippen LogP contribution >= 0.6 is 0 Å². The summed E-state index contributed by atoms with van der Waals surface area (Å²) in [6, 6.07) is 1.91. The van der Waals surface area contributed by atoms with Gasteiger partial charge in [0, 0.05) is 18.7 Å². The highest BCUT2D eigenvalue weighted by Crippen LogP contribution is 2.09. The van der Waals surface area contributed by atoms with Crippen LogP contribution in [-0.4, -0.2) is 19.3 Å². The Morgan fingerprint density at radius 1 is 1.53 bits per heavy atom. The molecule has 0 spiro atoms. The summed E-state index contributed by atoms with van der Waals surface area (Å²) in [7, 11) is 0. The van der Waals surface area contributed by atoms with Gasteiger partial charge in [-0.2, -0.15) is 0 Å². The average Bonchev–Trinajstić information content (AvgIpc) is 2.71. The molecule has 0 aromatic carbocycles. The molecule has 2 N–H and O–H groups in total. The molecule has 1 rings (SSSR count). The summed E-state index contributed by atoms with van der Waals surface area (Å²) in [4.78, 5) is 0. The normalized spacial score (nSPS) is 13.0. The molecule has 0 saturated heterocycles. The molecule has 1 aromatic heterocycles. The fourth-order valence-electron chi connectivity index (χ4n) is 1.17. The Morgan fingerprint density at radius 3 is 2.93 bits per heavy atom. The standard InChI is InChI=1S/C11H19NO3/c1-3-13-6-9(2)14-8-11-4-10(5-12)7-15-11/h4,7,9H,3,5-6,8,12H2,1-2H3. The number of rotatable bonds is 7. The van der Waals surface area contributed by atoms with Crippen molar-refractivity contribution in [3.63, 3.8) is 0 Å². The molecule has 1 aromatic rings. The van der Waals surface area contributed by atoms with Crippen molar-refractivity contribution in [2.24, 2.45) is 5.73 Å². The van der Waals surface area contributed by atoms with Gasteiger partial charge < -0.3 is 19.6 Å². The first kappa shape index (κ1) is 12.2. The average molecular weight is 213 g/mol. The second-order valence-electron chi connectivity index (χ2n) is 3.41. The second kappa shape index (κ2) is 6.61. The summed E-state index contributed by atoms with van der Waals surface area (Å²) < 4.78 is 16.0. The molecule has 0 amide bonds. The highest BCUT2D eigenvalue weighted by atomic mass is 16.5. The van der Waals surface area contributed by atoms with Crippen LogP contribution in [0, 0.1) is 0 Å². The lowest BCUT2D eigenvalue weighted by molar-refractivity contribution is -0.0170. The zero-order valence-corrected chi connectivity index (χ0v) is 9.36. The van der Waals surface area contributed by atoms with Crippen molar-refractivity contribution in [1.29, 1.82) is 0 Å². The first-order valence-corrected chi connectivity index (χ1v) is 5.22. The molecule has 0 bridgehead atoms. The number of hydrogen-bond acceptors (Lipinski definition) is 4. The van der Waals surface area contributed by atoms with Gasteiger partial charge in [-0.1, -0.05) is 0 Å². The van der Waals surface area contributed by atoms with E-state index < -0.39 is 0 Å². The third-order valence-electron chi connectivity index (χ3n) is 2.01. The minimum atomic E-state index is 0.0800. The number of furan rings is 1. The Balaban J connectivity index is 2.24. The van der Waals surface area contributed by atoms with Crippen LogP contribution in [0.15, 0.2) is 16.7 Å². The topological polar surface area (TPSA) is 57.6 Å². The van der Waals surface area contributed by atoms with E-state index in [4.69, 9.17) is 19.6 Å². The van der Waals surface area contributed by atoms with E-state index >= 15 is 0 Å². The van der Waals surface area contributed by atoms with Crippen LogP contribution in [0.2, 0.25) is 0 Å². The van der Waals surface area contributed by atoms with Gasteiger partial charge in [-0.25, -0.2) is 0 Å². The number of nitrogens with two attached hydrogens (primary N) is 1. The molecule has 15 heavy (non-hydrogen) atoms. The molecule has 0 aliphatic heterocycles. The first-order chi connectivity index (χ1) is 7.26. The third kappa shape index (κ3) is 4.46. The van der Waals surface area contributed by atoms with Crippen LogP contribution in [0.5, 0.6) is 0 Å². The molecular formula is C11H19NO3. The third-order valence-corrected chi connectivity index (χ3v) is 2.01. The molecule has 4 heteroatoms. The Kier molecular flexibility index (Phi) is 5.39. The van der Waals surface area contributed by atoms with Gasteiger partial charge in [0.1, 0.15) is 12.4 Å². The molecule has 1 unspecified atom stereocenters. The summed E-state index contributed by atoms with van der Waals surface area (Å²) in [5, 5.41) is 0. The maximum atomic E-state index is 5.53. The minimum absolute atomic E-state index is 0.0800. The fraction of sp³-hybridized carbons (Fsp3) is 0.636. The number of ether oxygens (including phenoxy) is 2. The van der Waals surface area contributed by atoms with Gasteiger partial charge in [0.05, 0.1) is 19.0 Å². The van der Waals surface area contributed by atoms with Crippen LogP contribution in [0.3, 0.4) is 0 Å². The van der Waals surface area contributed by atoms with Crippen molar-refractivity contribution in [3.8, 4) is 0 Å². The monoisotopic (exact) mass is 213 g/mol. The van der Waals surface area contributed by atoms with Crippen molar-refractivity contribution in [1.82, 2.24) is 0 Å². The van der Waals surface area contributed by atoms with Gasteiger partial charge >= 0.3 is 0 Å². The lowest BCUT2D eigenvalue weighted by Gasteiger charge is -2.11. The lowest BCUT2D eigenvalue weighted by Crippen LogP contribution is -2.15. The van der Waals surface area contributed by atoms with Crippen molar-refractivity contribution >= 4 is 0 Å². The molecule has 1 atom stereocenters.